The van der Waals surface area contributed by atoms with Gasteiger partial charge in [-0.05, 0) is 116 Å². The van der Waals surface area contributed by atoms with Crippen LogP contribution in [0.4, 0.5) is 0 Å². The number of benzene rings is 3. The van der Waals surface area contributed by atoms with Crippen molar-refractivity contribution in [3.05, 3.63) is 71.8 Å². The van der Waals surface area contributed by atoms with E-state index in [1.165, 1.54) is 44.1 Å². The molecule has 4 bridgehead atoms. The fraction of sp³-hybridized carbons (Fsp3) is 0.452. The van der Waals surface area contributed by atoms with Gasteiger partial charge in [-0.3, -0.25) is 0 Å². The fourth-order valence-corrected chi connectivity index (χ4v) is 7.40. The van der Waals surface area contributed by atoms with Crippen molar-refractivity contribution in [3.63, 3.8) is 0 Å². The van der Waals surface area contributed by atoms with E-state index in [-0.39, 0.29) is 11.4 Å². The molecule has 0 N–H and O–H groups in total. The van der Waals surface area contributed by atoms with Crippen molar-refractivity contribution >= 4 is 16.7 Å². The normalized spacial score (nSPS) is 27.2. The van der Waals surface area contributed by atoms with Gasteiger partial charge in [0.2, 0.25) is 0 Å². The van der Waals surface area contributed by atoms with Crippen molar-refractivity contribution in [2.45, 2.75) is 57.3 Å². The Morgan fingerprint density at radius 2 is 1.61 bits per heavy atom. The second-order valence-electron chi connectivity index (χ2n) is 10.9. The van der Waals surface area contributed by atoms with Crippen LogP contribution in [0.5, 0.6) is 11.5 Å². The summed E-state index contributed by atoms with van der Waals surface area (Å²) in [7, 11) is 1.61. The number of rotatable bonds is 8. The standard InChI is InChI=1S/C31H34O5/c1-3-34-30(33-2)36-28-16-24-9-10-26(35-29(32)23-7-5-4-6-8-23)14-25(24)15-27(28)31-17-20-11-21(18-31)13-22(12-20)19-31/h4-10,14-16,20-22,30H,3,11-13,17-19H2,1-2H3. The highest BCUT2D eigenvalue weighted by atomic mass is 16.8. The van der Waals surface area contributed by atoms with E-state index in [1.54, 1.807) is 19.2 Å². The van der Waals surface area contributed by atoms with Crippen LogP contribution in [0.1, 0.15) is 61.4 Å². The van der Waals surface area contributed by atoms with Gasteiger partial charge in [-0.1, -0.05) is 24.3 Å². The van der Waals surface area contributed by atoms with E-state index in [9.17, 15) is 4.79 Å². The quantitative estimate of drug-likeness (QED) is 0.198. The summed E-state index contributed by atoms with van der Waals surface area (Å²) < 4.78 is 23.3. The van der Waals surface area contributed by atoms with Gasteiger partial charge in [0.1, 0.15) is 11.5 Å². The van der Waals surface area contributed by atoms with Gasteiger partial charge < -0.3 is 18.9 Å². The van der Waals surface area contributed by atoms with Crippen LogP contribution in [0, 0.1) is 17.8 Å². The van der Waals surface area contributed by atoms with Crippen LogP contribution in [0.15, 0.2) is 60.7 Å². The number of hydrogen-bond donors (Lipinski definition) is 0. The van der Waals surface area contributed by atoms with Gasteiger partial charge in [-0.15, -0.1) is 0 Å². The molecule has 0 saturated heterocycles. The van der Waals surface area contributed by atoms with Crippen LogP contribution in [0.25, 0.3) is 10.8 Å². The van der Waals surface area contributed by atoms with Crippen LogP contribution in [-0.4, -0.2) is 26.2 Å². The third kappa shape index (κ3) is 4.39. The zero-order chi connectivity index (χ0) is 24.7. The van der Waals surface area contributed by atoms with Gasteiger partial charge in [0.25, 0.3) is 0 Å². The predicted molar refractivity (Wildman–Crippen MR) is 138 cm³/mol. The lowest BCUT2D eigenvalue weighted by Crippen LogP contribution is -2.48. The first-order valence-corrected chi connectivity index (χ1v) is 13.2. The lowest BCUT2D eigenvalue weighted by Gasteiger charge is -2.57. The molecule has 0 spiro atoms. The SMILES string of the molecule is CCOC(OC)Oc1cc2ccc(OC(=O)c3ccccc3)cc2cc1C12CC3CC(CC(C3)C1)C2. The van der Waals surface area contributed by atoms with E-state index >= 15 is 0 Å². The Kier molecular flexibility index (Phi) is 6.22. The number of fused-ring (bicyclic) bond motifs is 1. The Hall–Kier alpha value is -2.89. The van der Waals surface area contributed by atoms with E-state index in [2.05, 4.69) is 12.1 Å². The van der Waals surface area contributed by atoms with Crippen molar-refractivity contribution in [3.8, 4) is 11.5 Å². The molecular formula is C31H34O5. The average Bonchev–Trinajstić information content (AvgIpc) is 2.88. The molecule has 0 heterocycles. The molecule has 0 radical (unpaired) electrons. The molecule has 3 aromatic rings. The molecule has 4 aliphatic rings. The second-order valence-corrected chi connectivity index (χ2v) is 10.9. The van der Waals surface area contributed by atoms with Crippen molar-refractivity contribution in [1.29, 1.82) is 0 Å². The molecule has 0 aromatic heterocycles. The maximum Gasteiger partial charge on any atom is 0.343 e. The predicted octanol–water partition coefficient (Wildman–Crippen LogP) is 6.87. The molecule has 1 atom stereocenters. The summed E-state index contributed by atoms with van der Waals surface area (Å²) in [6.45, 7) is 1.70. The first kappa shape index (κ1) is 23.5. The topological polar surface area (TPSA) is 54.0 Å². The summed E-state index contributed by atoms with van der Waals surface area (Å²) in [6.07, 6.45) is 7.79. The summed E-state index contributed by atoms with van der Waals surface area (Å²) in [5, 5.41) is 2.08. The van der Waals surface area contributed by atoms with E-state index in [4.69, 9.17) is 18.9 Å². The summed E-state index contributed by atoms with van der Waals surface area (Å²) in [5.74, 6) is 3.47. The Morgan fingerprint density at radius 1 is 0.917 bits per heavy atom. The number of carbonyl (C=O) groups excluding carboxylic acids is 1. The average molecular weight is 487 g/mol. The Morgan fingerprint density at radius 3 is 2.25 bits per heavy atom. The lowest BCUT2D eigenvalue weighted by molar-refractivity contribution is -0.231. The first-order valence-electron chi connectivity index (χ1n) is 13.2. The molecule has 4 fully saturated rings. The number of hydrogen-bond acceptors (Lipinski definition) is 5. The molecule has 5 heteroatoms. The highest BCUT2D eigenvalue weighted by Crippen LogP contribution is 2.62. The number of ether oxygens (including phenoxy) is 4. The fourth-order valence-electron chi connectivity index (χ4n) is 7.40. The number of carbonyl (C=O) groups is 1. The monoisotopic (exact) mass is 486 g/mol. The minimum Gasteiger partial charge on any atom is -0.441 e. The largest absolute Gasteiger partial charge is 0.441 e. The zero-order valence-electron chi connectivity index (χ0n) is 21.1. The smallest absolute Gasteiger partial charge is 0.343 e. The van der Waals surface area contributed by atoms with Crippen molar-refractivity contribution in [2.75, 3.05) is 13.7 Å². The minimum atomic E-state index is -0.744. The van der Waals surface area contributed by atoms with Gasteiger partial charge in [0.15, 0.2) is 0 Å². The van der Waals surface area contributed by atoms with Gasteiger partial charge in [-0.25, -0.2) is 4.79 Å². The molecule has 0 aliphatic heterocycles. The van der Waals surface area contributed by atoms with Crippen molar-refractivity contribution in [2.24, 2.45) is 17.8 Å². The molecule has 3 aromatic carbocycles. The van der Waals surface area contributed by atoms with Gasteiger partial charge in [-0.2, -0.15) is 0 Å². The van der Waals surface area contributed by atoms with Crippen LogP contribution < -0.4 is 9.47 Å². The van der Waals surface area contributed by atoms with Crippen LogP contribution in [0.3, 0.4) is 0 Å². The highest BCUT2D eigenvalue weighted by molar-refractivity contribution is 5.92. The molecule has 188 valence electrons. The first-order chi connectivity index (χ1) is 17.5. The Bertz CT molecular complexity index is 1220. The molecule has 0 amide bonds. The molecule has 36 heavy (non-hydrogen) atoms. The summed E-state index contributed by atoms with van der Waals surface area (Å²) in [5.41, 5.74) is 1.92. The third-order valence-corrected chi connectivity index (χ3v) is 8.46. The molecule has 5 nitrogen and oxygen atoms in total. The lowest BCUT2D eigenvalue weighted by atomic mass is 9.48. The molecule has 7 rings (SSSR count). The molecule has 4 saturated carbocycles. The minimum absolute atomic E-state index is 0.125. The maximum atomic E-state index is 12.6. The molecular weight excluding hydrogens is 452 g/mol. The van der Waals surface area contributed by atoms with Crippen LogP contribution in [0.2, 0.25) is 0 Å². The summed E-state index contributed by atoms with van der Waals surface area (Å²) in [6, 6.07) is 19.3. The van der Waals surface area contributed by atoms with E-state index in [1.807, 2.05) is 43.3 Å². The summed E-state index contributed by atoms with van der Waals surface area (Å²) in [4.78, 5) is 12.6. The number of esters is 1. The van der Waals surface area contributed by atoms with Crippen LogP contribution in [-0.2, 0) is 14.9 Å². The Balaban J connectivity index is 1.39. The van der Waals surface area contributed by atoms with Crippen LogP contribution >= 0.6 is 0 Å². The second kappa shape index (κ2) is 9.53. The van der Waals surface area contributed by atoms with E-state index in [0.717, 1.165) is 34.3 Å². The maximum absolute atomic E-state index is 12.6. The molecule has 1 unspecified atom stereocenters. The van der Waals surface area contributed by atoms with Crippen molar-refractivity contribution < 1.29 is 23.7 Å². The van der Waals surface area contributed by atoms with Gasteiger partial charge in [0.05, 0.1) is 12.2 Å². The van der Waals surface area contributed by atoms with Crippen molar-refractivity contribution in [1.82, 2.24) is 0 Å². The van der Waals surface area contributed by atoms with E-state index < -0.39 is 6.48 Å². The summed E-state index contributed by atoms with van der Waals surface area (Å²) >= 11 is 0. The van der Waals surface area contributed by atoms with E-state index in [0.29, 0.717) is 17.9 Å². The zero-order valence-corrected chi connectivity index (χ0v) is 21.1. The number of methoxy groups -OCH3 is 1. The van der Waals surface area contributed by atoms with Gasteiger partial charge in [0, 0.05) is 12.7 Å². The molecule has 4 aliphatic carbocycles. The third-order valence-electron chi connectivity index (χ3n) is 8.46. The van der Waals surface area contributed by atoms with Gasteiger partial charge >= 0.3 is 12.4 Å². The Labute approximate surface area is 212 Å². The highest BCUT2D eigenvalue weighted by Gasteiger charge is 2.52.